The number of methoxy groups -OCH3 is 1. The van der Waals surface area contributed by atoms with Gasteiger partial charge in [-0.3, -0.25) is 9.59 Å². The first-order valence-corrected chi connectivity index (χ1v) is 8.47. The van der Waals surface area contributed by atoms with Gasteiger partial charge in [0.15, 0.2) is 0 Å². The Morgan fingerprint density at radius 2 is 1.92 bits per heavy atom. The third-order valence-electron chi connectivity index (χ3n) is 4.37. The van der Waals surface area contributed by atoms with Crippen LogP contribution in [-0.2, 0) is 31.0 Å². The van der Waals surface area contributed by atoms with Gasteiger partial charge in [0.05, 0.1) is 7.11 Å². The zero-order valence-corrected chi connectivity index (χ0v) is 15.2. The first-order chi connectivity index (χ1) is 11.7. The van der Waals surface area contributed by atoms with E-state index in [0.717, 1.165) is 5.56 Å². The molecule has 25 heavy (non-hydrogen) atoms. The van der Waals surface area contributed by atoms with Gasteiger partial charge in [-0.25, -0.2) is 4.79 Å². The van der Waals surface area contributed by atoms with E-state index in [1.807, 2.05) is 24.3 Å². The molecule has 1 aromatic rings. The van der Waals surface area contributed by atoms with Gasteiger partial charge in [0.2, 0.25) is 11.8 Å². The first-order valence-electron chi connectivity index (χ1n) is 8.47. The number of hydrogen-bond donors (Lipinski definition) is 2. The highest BCUT2D eigenvalue weighted by atomic mass is 16.5. The van der Waals surface area contributed by atoms with Crippen molar-refractivity contribution in [2.24, 2.45) is 0 Å². The van der Waals surface area contributed by atoms with Gasteiger partial charge in [0, 0.05) is 12.8 Å². The Morgan fingerprint density at radius 1 is 1.28 bits per heavy atom. The van der Waals surface area contributed by atoms with Gasteiger partial charge in [-0.05, 0) is 23.0 Å². The quantitative estimate of drug-likeness (QED) is 0.791. The number of hydrogen-bond acceptors (Lipinski definition) is 4. The molecule has 2 rings (SSSR count). The molecule has 1 heterocycles. The summed E-state index contributed by atoms with van der Waals surface area (Å²) in [5.74, 6) is -1.00. The molecular formula is C19H26N2O4. The number of rotatable bonds is 5. The molecule has 1 aliphatic heterocycles. The summed E-state index contributed by atoms with van der Waals surface area (Å²) in [7, 11) is 1.29. The van der Waals surface area contributed by atoms with Gasteiger partial charge in [-0.2, -0.15) is 0 Å². The molecule has 1 aromatic carbocycles. The number of esters is 1. The molecule has 1 saturated heterocycles. The van der Waals surface area contributed by atoms with Gasteiger partial charge in [-0.15, -0.1) is 0 Å². The maximum Gasteiger partial charge on any atom is 0.328 e. The molecule has 0 spiro atoms. The molecule has 2 atom stereocenters. The van der Waals surface area contributed by atoms with E-state index in [9.17, 15) is 14.4 Å². The van der Waals surface area contributed by atoms with Crippen molar-refractivity contribution in [2.75, 3.05) is 7.11 Å². The number of nitrogens with one attached hydrogen (secondary N) is 2. The average Bonchev–Trinajstić information content (AvgIpc) is 2.99. The molecule has 0 unspecified atom stereocenters. The Kier molecular flexibility index (Phi) is 5.82. The lowest BCUT2D eigenvalue weighted by Crippen LogP contribution is -2.50. The van der Waals surface area contributed by atoms with Crippen molar-refractivity contribution in [3.8, 4) is 0 Å². The van der Waals surface area contributed by atoms with Crippen LogP contribution in [0.2, 0.25) is 0 Å². The molecule has 1 aliphatic rings. The number of carbonyl (C=O) groups is 3. The molecule has 6 heteroatoms. The highest BCUT2D eigenvalue weighted by molar-refractivity contribution is 5.93. The molecule has 6 nitrogen and oxygen atoms in total. The van der Waals surface area contributed by atoms with Gasteiger partial charge in [0.25, 0.3) is 0 Å². The van der Waals surface area contributed by atoms with E-state index in [1.54, 1.807) is 0 Å². The molecule has 0 bridgehead atoms. The predicted octanol–water partition coefficient (Wildman–Crippen LogP) is 1.46. The summed E-state index contributed by atoms with van der Waals surface area (Å²) in [6, 6.07) is 6.62. The number of amides is 2. The Hall–Kier alpha value is -2.37. The van der Waals surface area contributed by atoms with Gasteiger partial charge < -0.3 is 15.4 Å². The SMILES string of the molecule is COC(=O)[C@@H](Cc1ccc(C(C)(C)C)cc1)NC(=O)[C@H]1CCC(=O)N1. The Bertz CT molecular complexity index is 646. The van der Waals surface area contributed by atoms with Crippen LogP contribution in [-0.4, -0.2) is 37.0 Å². The second-order valence-electron chi connectivity index (χ2n) is 7.39. The highest BCUT2D eigenvalue weighted by Gasteiger charge is 2.31. The molecule has 2 N–H and O–H groups in total. The van der Waals surface area contributed by atoms with Crippen LogP contribution in [0.3, 0.4) is 0 Å². The molecule has 0 aliphatic carbocycles. The third kappa shape index (κ3) is 5.05. The smallest absolute Gasteiger partial charge is 0.328 e. The van der Waals surface area contributed by atoms with Crippen molar-refractivity contribution in [1.82, 2.24) is 10.6 Å². The molecule has 136 valence electrons. The summed E-state index contributed by atoms with van der Waals surface area (Å²) >= 11 is 0. The maximum absolute atomic E-state index is 12.3. The normalized spacial score (nSPS) is 18.4. The minimum atomic E-state index is -0.782. The Labute approximate surface area is 148 Å². The molecule has 2 amide bonds. The van der Waals surface area contributed by atoms with E-state index >= 15 is 0 Å². The fourth-order valence-electron chi connectivity index (χ4n) is 2.80. The van der Waals surface area contributed by atoms with E-state index in [4.69, 9.17) is 4.74 Å². The number of ether oxygens (including phenoxy) is 1. The first kappa shape index (κ1) is 19.0. The van der Waals surface area contributed by atoms with Gasteiger partial charge in [-0.1, -0.05) is 45.0 Å². The zero-order valence-electron chi connectivity index (χ0n) is 15.2. The lowest BCUT2D eigenvalue weighted by Gasteiger charge is -2.21. The lowest BCUT2D eigenvalue weighted by atomic mass is 9.86. The predicted molar refractivity (Wildman–Crippen MR) is 94.0 cm³/mol. The van der Waals surface area contributed by atoms with E-state index in [-0.39, 0.29) is 17.2 Å². The second-order valence-corrected chi connectivity index (χ2v) is 7.39. The van der Waals surface area contributed by atoms with Crippen molar-refractivity contribution in [2.45, 2.75) is 57.5 Å². The summed E-state index contributed by atoms with van der Waals surface area (Å²) in [6.07, 6.45) is 1.11. The van der Waals surface area contributed by atoms with Crippen LogP contribution in [0.25, 0.3) is 0 Å². The van der Waals surface area contributed by atoms with Crippen molar-refractivity contribution in [3.63, 3.8) is 0 Å². The Morgan fingerprint density at radius 3 is 2.40 bits per heavy atom. The number of benzene rings is 1. The Balaban J connectivity index is 2.06. The van der Waals surface area contributed by atoms with E-state index in [0.29, 0.717) is 19.3 Å². The van der Waals surface area contributed by atoms with Crippen molar-refractivity contribution < 1.29 is 19.1 Å². The summed E-state index contributed by atoms with van der Waals surface area (Å²) < 4.78 is 4.81. The molecule has 0 radical (unpaired) electrons. The molecule has 0 aromatic heterocycles. The number of carbonyl (C=O) groups excluding carboxylic acids is 3. The van der Waals surface area contributed by atoms with Crippen LogP contribution in [0.4, 0.5) is 0 Å². The molecule has 0 saturated carbocycles. The third-order valence-corrected chi connectivity index (χ3v) is 4.37. The monoisotopic (exact) mass is 346 g/mol. The largest absolute Gasteiger partial charge is 0.467 e. The minimum absolute atomic E-state index is 0.0508. The van der Waals surface area contributed by atoms with Crippen LogP contribution in [0.1, 0.15) is 44.7 Å². The van der Waals surface area contributed by atoms with Crippen LogP contribution in [0.15, 0.2) is 24.3 Å². The zero-order chi connectivity index (χ0) is 18.6. The maximum atomic E-state index is 12.3. The lowest BCUT2D eigenvalue weighted by molar-refractivity contribution is -0.145. The average molecular weight is 346 g/mol. The van der Waals surface area contributed by atoms with Crippen molar-refractivity contribution >= 4 is 17.8 Å². The van der Waals surface area contributed by atoms with Crippen LogP contribution >= 0.6 is 0 Å². The topological polar surface area (TPSA) is 84.5 Å². The molecule has 1 fully saturated rings. The van der Waals surface area contributed by atoms with Gasteiger partial charge in [0.1, 0.15) is 12.1 Å². The van der Waals surface area contributed by atoms with Crippen LogP contribution in [0, 0.1) is 0 Å². The van der Waals surface area contributed by atoms with Crippen molar-refractivity contribution in [1.29, 1.82) is 0 Å². The fourth-order valence-corrected chi connectivity index (χ4v) is 2.80. The minimum Gasteiger partial charge on any atom is -0.467 e. The van der Waals surface area contributed by atoms with Crippen LogP contribution in [0.5, 0.6) is 0 Å². The fraction of sp³-hybridized carbons (Fsp3) is 0.526. The summed E-state index contributed by atoms with van der Waals surface area (Å²) in [6.45, 7) is 6.40. The van der Waals surface area contributed by atoms with Gasteiger partial charge >= 0.3 is 5.97 Å². The highest BCUT2D eigenvalue weighted by Crippen LogP contribution is 2.22. The summed E-state index contributed by atoms with van der Waals surface area (Å²) in [4.78, 5) is 35.6. The summed E-state index contributed by atoms with van der Waals surface area (Å²) in [5.41, 5.74) is 2.18. The van der Waals surface area contributed by atoms with E-state index in [1.165, 1.54) is 12.7 Å². The molecular weight excluding hydrogens is 320 g/mol. The van der Waals surface area contributed by atoms with E-state index < -0.39 is 18.1 Å². The van der Waals surface area contributed by atoms with Crippen molar-refractivity contribution in [3.05, 3.63) is 35.4 Å². The standard InChI is InChI=1S/C19H26N2O4/c1-19(2,3)13-7-5-12(6-8-13)11-15(18(24)25-4)21-17(23)14-9-10-16(22)20-14/h5-8,14-15H,9-11H2,1-4H3,(H,20,22)(H,21,23)/t14-,15-/m1/s1. The van der Waals surface area contributed by atoms with E-state index in [2.05, 4.69) is 31.4 Å². The van der Waals surface area contributed by atoms with Crippen LogP contribution < -0.4 is 10.6 Å². The second kappa shape index (κ2) is 7.68. The summed E-state index contributed by atoms with van der Waals surface area (Å²) in [5, 5.41) is 5.30.